The number of rotatable bonds is 5. The van der Waals surface area contributed by atoms with Gasteiger partial charge in [0.1, 0.15) is 0 Å². The van der Waals surface area contributed by atoms with Gasteiger partial charge in [0.15, 0.2) is 5.11 Å². The molecular formula is C18H27ClN4OS. The van der Waals surface area contributed by atoms with E-state index in [1.54, 1.807) is 0 Å². The van der Waals surface area contributed by atoms with Crippen molar-refractivity contribution in [2.45, 2.75) is 27.2 Å². The first-order chi connectivity index (χ1) is 11.9. The predicted octanol–water partition coefficient (Wildman–Crippen LogP) is 2.80. The van der Waals surface area contributed by atoms with E-state index < -0.39 is 0 Å². The van der Waals surface area contributed by atoms with Gasteiger partial charge >= 0.3 is 0 Å². The summed E-state index contributed by atoms with van der Waals surface area (Å²) in [7, 11) is 0. The fraction of sp³-hybridized carbons (Fsp3) is 0.556. The number of hydrogen-bond donors (Lipinski definition) is 2. The number of benzene rings is 1. The highest BCUT2D eigenvalue weighted by Crippen LogP contribution is 2.27. The number of anilines is 1. The van der Waals surface area contributed by atoms with E-state index in [-0.39, 0.29) is 5.91 Å². The van der Waals surface area contributed by atoms with Crippen LogP contribution in [0.2, 0.25) is 5.02 Å². The molecule has 0 aliphatic carbocycles. The van der Waals surface area contributed by atoms with Gasteiger partial charge in [0.05, 0.1) is 17.3 Å². The van der Waals surface area contributed by atoms with E-state index in [0.29, 0.717) is 16.7 Å². The van der Waals surface area contributed by atoms with E-state index in [0.717, 1.165) is 56.0 Å². The van der Waals surface area contributed by atoms with Gasteiger partial charge in [0.25, 0.3) is 0 Å². The minimum atomic E-state index is 0.0954. The van der Waals surface area contributed by atoms with Crippen molar-refractivity contribution in [1.82, 2.24) is 15.1 Å². The summed E-state index contributed by atoms with van der Waals surface area (Å²) >= 11 is 11.9. The molecule has 0 atom stereocenters. The van der Waals surface area contributed by atoms with Crippen molar-refractivity contribution in [2.75, 3.05) is 44.6 Å². The minimum Gasteiger partial charge on any atom is -0.355 e. The second-order valence-corrected chi connectivity index (χ2v) is 7.28. The summed E-state index contributed by atoms with van der Waals surface area (Å²) in [5.41, 5.74) is 3.09. The molecule has 0 unspecified atom stereocenters. The van der Waals surface area contributed by atoms with Crippen LogP contribution in [0.4, 0.5) is 5.69 Å². The second kappa shape index (κ2) is 9.36. The van der Waals surface area contributed by atoms with Crippen LogP contribution >= 0.6 is 23.8 Å². The van der Waals surface area contributed by atoms with Gasteiger partial charge in [-0.1, -0.05) is 24.6 Å². The Balaban J connectivity index is 1.84. The zero-order chi connectivity index (χ0) is 18.4. The van der Waals surface area contributed by atoms with Gasteiger partial charge in [-0.3, -0.25) is 9.69 Å². The van der Waals surface area contributed by atoms with E-state index in [2.05, 4.69) is 33.4 Å². The molecule has 25 heavy (non-hydrogen) atoms. The summed E-state index contributed by atoms with van der Waals surface area (Å²) in [4.78, 5) is 16.1. The lowest BCUT2D eigenvalue weighted by Crippen LogP contribution is -2.52. The van der Waals surface area contributed by atoms with Crippen molar-refractivity contribution in [3.8, 4) is 0 Å². The Morgan fingerprint density at radius 2 is 1.92 bits per heavy atom. The molecule has 0 aromatic heterocycles. The third kappa shape index (κ3) is 5.83. The van der Waals surface area contributed by atoms with Crippen LogP contribution in [0.3, 0.4) is 0 Å². The maximum Gasteiger partial charge on any atom is 0.234 e. The Labute approximate surface area is 160 Å². The van der Waals surface area contributed by atoms with Crippen LogP contribution in [-0.4, -0.2) is 60.1 Å². The Bertz CT molecular complexity index is 606. The van der Waals surface area contributed by atoms with Gasteiger partial charge in [-0.15, -0.1) is 0 Å². The Kier molecular flexibility index (Phi) is 7.47. The van der Waals surface area contributed by atoms with Crippen molar-refractivity contribution in [3.63, 3.8) is 0 Å². The molecule has 5 nitrogen and oxygen atoms in total. The molecule has 1 aliphatic heterocycles. The van der Waals surface area contributed by atoms with Gasteiger partial charge in [-0.25, -0.2) is 0 Å². The molecule has 1 saturated heterocycles. The summed E-state index contributed by atoms with van der Waals surface area (Å²) in [6, 6.07) is 4.02. The number of nitrogens with one attached hydrogen (secondary N) is 2. The third-order valence-electron chi connectivity index (χ3n) is 4.26. The SMILES string of the molecule is CCCNC(=O)CN1CCN(C(=S)Nc2c(C)cc(C)cc2Cl)CC1. The average molecular weight is 383 g/mol. The molecule has 2 rings (SSSR count). The summed E-state index contributed by atoms with van der Waals surface area (Å²) in [5, 5.41) is 7.57. The molecule has 0 radical (unpaired) electrons. The highest BCUT2D eigenvalue weighted by Gasteiger charge is 2.21. The van der Waals surface area contributed by atoms with Gasteiger partial charge in [-0.2, -0.15) is 0 Å². The molecule has 0 bridgehead atoms. The van der Waals surface area contributed by atoms with Crippen molar-refractivity contribution < 1.29 is 4.79 Å². The van der Waals surface area contributed by atoms with Crippen molar-refractivity contribution in [3.05, 3.63) is 28.3 Å². The molecule has 1 aromatic rings. The Morgan fingerprint density at radius 1 is 1.24 bits per heavy atom. The summed E-state index contributed by atoms with van der Waals surface area (Å²) < 4.78 is 0. The quantitative estimate of drug-likeness (QED) is 0.767. The molecule has 1 aliphatic rings. The number of halogens is 1. The van der Waals surface area contributed by atoms with E-state index in [1.807, 2.05) is 19.9 Å². The number of nitrogens with zero attached hydrogens (tertiary/aromatic N) is 2. The smallest absolute Gasteiger partial charge is 0.234 e. The van der Waals surface area contributed by atoms with Gasteiger partial charge in [-0.05, 0) is 49.7 Å². The lowest BCUT2D eigenvalue weighted by Gasteiger charge is -2.36. The first-order valence-corrected chi connectivity index (χ1v) is 9.51. The van der Waals surface area contributed by atoms with Crippen LogP contribution in [0.5, 0.6) is 0 Å². The van der Waals surface area contributed by atoms with E-state index in [1.165, 1.54) is 0 Å². The predicted molar refractivity (Wildman–Crippen MR) is 108 cm³/mol. The number of aryl methyl sites for hydroxylation is 2. The number of amides is 1. The van der Waals surface area contributed by atoms with Crippen LogP contribution in [-0.2, 0) is 4.79 Å². The molecule has 138 valence electrons. The van der Waals surface area contributed by atoms with Gasteiger partial charge in [0.2, 0.25) is 5.91 Å². The fourth-order valence-electron chi connectivity index (χ4n) is 2.89. The molecule has 0 spiro atoms. The lowest BCUT2D eigenvalue weighted by molar-refractivity contribution is -0.122. The standard InChI is InChI=1S/C18H27ClN4OS/c1-4-5-20-16(24)12-22-6-8-23(9-7-22)18(25)21-17-14(3)10-13(2)11-15(17)19/h10-11H,4-9,12H2,1-3H3,(H,20,24)(H,21,25). The second-order valence-electron chi connectivity index (χ2n) is 6.48. The number of piperazine rings is 1. The monoisotopic (exact) mass is 382 g/mol. The normalized spacial score (nSPS) is 15.1. The number of carbonyl (C=O) groups is 1. The molecule has 1 heterocycles. The van der Waals surface area contributed by atoms with Crippen LogP contribution in [0.1, 0.15) is 24.5 Å². The zero-order valence-electron chi connectivity index (χ0n) is 15.2. The highest BCUT2D eigenvalue weighted by molar-refractivity contribution is 7.80. The van der Waals surface area contributed by atoms with Crippen LogP contribution in [0.15, 0.2) is 12.1 Å². The summed E-state index contributed by atoms with van der Waals surface area (Å²) in [5.74, 6) is 0.0954. The van der Waals surface area contributed by atoms with E-state index in [4.69, 9.17) is 23.8 Å². The molecule has 0 saturated carbocycles. The Morgan fingerprint density at radius 3 is 2.52 bits per heavy atom. The molecule has 7 heteroatoms. The van der Waals surface area contributed by atoms with Crippen LogP contribution in [0.25, 0.3) is 0 Å². The number of hydrogen-bond acceptors (Lipinski definition) is 3. The molecule has 2 N–H and O–H groups in total. The maximum absolute atomic E-state index is 11.8. The van der Waals surface area contributed by atoms with E-state index >= 15 is 0 Å². The topological polar surface area (TPSA) is 47.6 Å². The van der Waals surface area contributed by atoms with Crippen LogP contribution < -0.4 is 10.6 Å². The maximum atomic E-state index is 11.8. The molecular weight excluding hydrogens is 356 g/mol. The highest BCUT2D eigenvalue weighted by atomic mass is 35.5. The van der Waals surface area contributed by atoms with Crippen molar-refractivity contribution in [2.24, 2.45) is 0 Å². The van der Waals surface area contributed by atoms with Crippen molar-refractivity contribution >= 4 is 40.5 Å². The number of thiocarbonyl (C=S) groups is 1. The molecule has 1 amide bonds. The van der Waals surface area contributed by atoms with Gasteiger partial charge in [0, 0.05) is 32.7 Å². The van der Waals surface area contributed by atoms with Crippen molar-refractivity contribution in [1.29, 1.82) is 0 Å². The summed E-state index contributed by atoms with van der Waals surface area (Å²) in [6.07, 6.45) is 0.959. The summed E-state index contributed by atoms with van der Waals surface area (Å²) in [6.45, 7) is 10.5. The lowest BCUT2D eigenvalue weighted by atomic mass is 10.1. The molecule has 1 aromatic carbocycles. The fourth-order valence-corrected chi connectivity index (χ4v) is 3.55. The first kappa shape index (κ1) is 19.9. The zero-order valence-corrected chi connectivity index (χ0v) is 16.8. The first-order valence-electron chi connectivity index (χ1n) is 8.72. The van der Waals surface area contributed by atoms with Crippen LogP contribution in [0, 0.1) is 13.8 Å². The minimum absolute atomic E-state index is 0.0954. The Hall–Kier alpha value is -1.37. The third-order valence-corrected chi connectivity index (χ3v) is 4.92. The number of carbonyl (C=O) groups excluding carboxylic acids is 1. The average Bonchev–Trinajstić information content (AvgIpc) is 2.56. The van der Waals surface area contributed by atoms with E-state index in [9.17, 15) is 4.79 Å². The largest absolute Gasteiger partial charge is 0.355 e. The molecule has 1 fully saturated rings. The van der Waals surface area contributed by atoms with Gasteiger partial charge < -0.3 is 15.5 Å².